The minimum atomic E-state index is 0.688. The van der Waals surface area contributed by atoms with Gasteiger partial charge in [0.1, 0.15) is 0 Å². The molecule has 1 fully saturated rings. The summed E-state index contributed by atoms with van der Waals surface area (Å²) in [6.07, 6.45) is 7.31. The molecule has 0 atom stereocenters. The van der Waals surface area contributed by atoms with Crippen molar-refractivity contribution < 1.29 is 4.79 Å². The zero-order valence-corrected chi connectivity index (χ0v) is 20.1. The highest BCUT2D eigenvalue weighted by Gasteiger charge is 2.23. The first-order valence-electron chi connectivity index (χ1n) is 12.1. The maximum atomic E-state index is 11.1. The highest BCUT2D eigenvalue weighted by molar-refractivity contribution is 5.85. The molecule has 8 heteroatoms. The van der Waals surface area contributed by atoms with Crippen molar-refractivity contribution >= 4 is 28.8 Å². The monoisotopic (exact) mass is 467 g/mol. The molecule has 1 aliphatic heterocycles. The number of hydrogen-bond acceptors (Lipinski definition) is 5. The van der Waals surface area contributed by atoms with E-state index < -0.39 is 0 Å². The average molecular weight is 468 g/mol. The Hall–Kier alpha value is -4.20. The van der Waals surface area contributed by atoms with Crippen molar-refractivity contribution in [3.8, 4) is 11.3 Å². The van der Waals surface area contributed by atoms with Crippen LogP contribution >= 0.6 is 0 Å². The summed E-state index contributed by atoms with van der Waals surface area (Å²) >= 11 is 0. The van der Waals surface area contributed by atoms with Crippen molar-refractivity contribution in [1.82, 2.24) is 29.5 Å². The Morgan fingerprint density at radius 2 is 1.83 bits per heavy atom. The number of carbonyl (C=O) groups is 1. The minimum Gasteiger partial charge on any atom is -0.350 e. The summed E-state index contributed by atoms with van der Waals surface area (Å²) < 4.78 is 2.15. The Bertz CT molecular complexity index is 1430. The van der Waals surface area contributed by atoms with Crippen LogP contribution in [0.3, 0.4) is 0 Å². The highest BCUT2D eigenvalue weighted by atomic mass is 16.1. The molecule has 0 unspecified atom stereocenters. The zero-order valence-electron chi connectivity index (χ0n) is 20.1. The van der Waals surface area contributed by atoms with E-state index in [1.807, 2.05) is 38.5 Å². The van der Waals surface area contributed by atoms with E-state index in [9.17, 15) is 4.79 Å². The Morgan fingerprint density at radius 3 is 2.60 bits per heavy atom. The van der Waals surface area contributed by atoms with Gasteiger partial charge < -0.3 is 9.80 Å². The van der Waals surface area contributed by atoms with E-state index >= 15 is 0 Å². The van der Waals surface area contributed by atoms with Gasteiger partial charge in [-0.25, -0.2) is 9.97 Å². The standard InChI is InChI=1S/C25H23N7O.C2H6/c33-17-30-10-12-31(13-11-30)24-25-28-22(14-18-4-2-1-3-5-18)23(32(25)9-8-26-24)19-6-7-21-20(15-19)16-27-29-21;1-2/h1-9,15-17H,10-14H2,(H,27,29);1-2H3. The van der Waals surface area contributed by atoms with Gasteiger partial charge in [-0.1, -0.05) is 50.2 Å². The second-order valence-electron chi connectivity index (χ2n) is 8.31. The van der Waals surface area contributed by atoms with Crippen LogP contribution in [0.4, 0.5) is 5.82 Å². The van der Waals surface area contributed by atoms with Crippen LogP contribution in [-0.4, -0.2) is 62.1 Å². The van der Waals surface area contributed by atoms with Crippen molar-refractivity contribution in [1.29, 1.82) is 0 Å². The summed E-state index contributed by atoms with van der Waals surface area (Å²) in [4.78, 5) is 25.0. The van der Waals surface area contributed by atoms with E-state index in [1.165, 1.54) is 5.56 Å². The SMILES string of the molecule is CC.O=CN1CCN(c2nccn3c(-c4ccc5[nH]ncc5c4)c(Cc4ccccc4)nc23)CC1. The van der Waals surface area contributed by atoms with Crippen molar-refractivity contribution in [3.05, 3.63) is 78.4 Å². The smallest absolute Gasteiger partial charge is 0.209 e. The van der Waals surface area contributed by atoms with Gasteiger partial charge in [0.05, 0.1) is 23.1 Å². The molecule has 2 aromatic carbocycles. The third kappa shape index (κ3) is 4.35. The van der Waals surface area contributed by atoms with E-state index in [-0.39, 0.29) is 0 Å². The lowest BCUT2D eigenvalue weighted by molar-refractivity contribution is -0.118. The van der Waals surface area contributed by atoms with Crippen LogP contribution in [-0.2, 0) is 11.2 Å². The lowest BCUT2D eigenvalue weighted by atomic mass is 10.0. The van der Waals surface area contributed by atoms with Crippen molar-refractivity contribution in [2.45, 2.75) is 20.3 Å². The van der Waals surface area contributed by atoms with Gasteiger partial charge in [0, 0.05) is 55.9 Å². The van der Waals surface area contributed by atoms with Gasteiger partial charge in [0.25, 0.3) is 0 Å². The summed E-state index contributed by atoms with van der Waals surface area (Å²) in [5.74, 6) is 0.855. The number of H-pyrrole nitrogens is 1. The average Bonchev–Trinajstić information content (AvgIpc) is 3.54. The Labute approximate surface area is 204 Å². The predicted molar refractivity (Wildman–Crippen MR) is 139 cm³/mol. The summed E-state index contributed by atoms with van der Waals surface area (Å²) in [7, 11) is 0. The van der Waals surface area contributed by atoms with Crippen molar-refractivity contribution in [2.24, 2.45) is 0 Å². The maximum absolute atomic E-state index is 11.1. The summed E-state index contributed by atoms with van der Waals surface area (Å²) in [5.41, 5.74) is 6.21. The molecule has 0 aliphatic carbocycles. The number of nitrogens with zero attached hydrogens (tertiary/aromatic N) is 6. The van der Waals surface area contributed by atoms with Crippen LogP contribution in [0.1, 0.15) is 25.1 Å². The third-order valence-electron chi connectivity index (χ3n) is 6.29. The molecule has 1 amide bonds. The molecule has 4 heterocycles. The largest absolute Gasteiger partial charge is 0.350 e. The quantitative estimate of drug-likeness (QED) is 0.393. The fraction of sp³-hybridized carbons (Fsp3) is 0.259. The lowest BCUT2D eigenvalue weighted by Gasteiger charge is -2.33. The molecule has 1 saturated heterocycles. The van der Waals surface area contributed by atoms with Gasteiger partial charge >= 0.3 is 0 Å². The molecule has 6 rings (SSSR count). The van der Waals surface area contributed by atoms with Gasteiger partial charge in [-0.05, 0) is 17.7 Å². The molecule has 5 aromatic rings. The number of anilines is 1. The van der Waals surface area contributed by atoms with Gasteiger partial charge in [-0.15, -0.1) is 0 Å². The number of rotatable bonds is 5. The molecule has 178 valence electrons. The molecule has 0 bridgehead atoms. The number of hydrogen-bond donors (Lipinski definition) is 1. The first-order chi connectivity index (χ1) is 17.3. The minimum absolute atomic E-state index is 0.688. The molecule has 0 saturated carbocycles. The van der Waals surface area contributed by atoms with E-state index in [4.69, 9.17) is 9.97 Å². The lowest BCUT2D eigenvalue weighted by Crippen LogP contribution is -2.46. The maximum Gasteiger partial charge on any atom is 0.209 e. The fourth-order valence-corrected chi connectivity index (χ4v) is 4.58. The molecule has 0 spiro atoms. The molecule has 0 radical (unpaired) electrons. The number of amides is 1. The van der Waals surface area contributed by atoms with Crippen LogP contribution in [0.25, 0.3) is 27.8 Å². The van der Waals surface area contributed by atoms with Gasteiger partial charge in [-0.2, -0.15) is 5.10 Å². The number of aromatic nitrogens is 5. The predicted octanol–water partition coefficient (Wildman–Crippen LogP) is 4.17. The Morgan fingerprint density at radius 1 is 1.03 bits per heavy atom. The Kier molecular flexibility index (Phi) is 6.43. The first kappa shape index (κ1) is 22.6. The Balaban J connectivity index is 0.00000124. The highest BCUT2D eigenvalue weighted by Crippen LogP contribution is 2.32. The zero-order chi connectivity index (χ0) is 24.2. The summed E-state index contributed by atoms with van der Waals surface area (Å²) in [5, 5.41) is 8.26. The molecular formula is C27H29N7O. The molecule has 1 aliphatic rings. The van der Waals surface area contributed by atoms with Crippen molar-refractivity contribution in [2.75, 3.05) is 31.1 Å². The molecule has 3 aromatic heterocycles. The number of fused-ring (bicyclic) bond motifs is 2. The van der Waals surface area contributed by atoms with E-state index in [0.717, 1.165) is 65.2 Å². The van der Waals surface area contributed by atoms with E-state index in [2.05, 4.69) is 62.0 Å². The van der Waals surface area contributed by atoms with Gasteiger partial charge in [-0.3, -0.25) is 14.3 Å². The number of carbonyl (C=O) groups excluding carboxylic acids is 1. The van der Waals surface area contributed by atoms with Crippen molar-refractivity contribution in [3.63, 3.8) is 0 Å². The third-order valence-corrected chi connectivity index (χ3v) is 6.29. The normalized spacial score (nSPS) is 13.7. The van der Waals surface area contributed by atoms with Crippen LogP contribution in [0.15, 0.2) is 67.1 Å². The first-order valence-corrected chi connectivity index (χ1v) is 12.1. The van der Waals surface area contributed by atoms with E-state index in [1.54, 1.807) is 4.90 Å². The number of imidazole rings is 1. The number of piperazine rings is 1. The van der Waals surface area contributed by atoms with Crippen LogP contribution in [0.2, 0.25) is 0 Å². The van der Waals surface area contributed by atoms with Crippen LogP contribution in [0, 0.1) is 0 Å². The van der Waals surface area contributed by atoms with E-state index in [0.29, 0.717) is 13.1 Å². The van der Waals surface area contributed by atoms with Gasteiger partial charge in [0.15, 0.2) is 11.5 Å². The van der Waals surface area contributed by atoms with Gasteiger partial charge in [0.2, 0.25) is 6.41 Å². The van der Waals surface area contributed by atoms with Crippen LogP contribution < -0.4 is 4.90 Å². The van der Waals surface area contributed by atoms with Crippen LogP contribution in [0.5, 0.6) is 0 Å². The topological polar surface area (TPSA) is 82.4 Å². The number of nitrogens with one attached hydrogen (secondary N) is 1. The molecule has 8 nitrogen and oxygen atoms in total. The molecule has 1 N–H and O–H groups in total. The number of aromatic amines is 1. The second-order valence-corrected chi connectivity index (χ2v) is 8.31. The molecule has 35 heavy (non-hydrogen) atoms. The number of benzene rings is 2. The summed E-state index contributed by atoms with van der Waals surface area (Å²) in [6, 6.07) is 16.7. The summed E-state index contributed by atoms with van der Waals surface area (Å²) in [6.45, 7) is 6.85. The fourth-order valence-electron chi connectivity index (χ4n) is 4.58. The second kappa shape index (κ2) is 9.97. The molecular weight excluding hydrogens is 438 g/mol.